The number of nitrogens with one attached hydrogen (secondary N) is 3. The Morgan fingerprint density at radius 1 is 0.551 bits per heavy atom. The molecule has 12 nitrogen and oxygen atoms in total. The van der Waals surface area contributed by atoms with Crippen LogP contribution in [0.2, 0.25) is 0 Å². The summed E-state index contributed by atoms with van der Waals surface area (Å²) in [6.07, 6.45) is -5.60. The number of allylic oxidation sites excluding steroid dienone is 1. The average molecular weight is 1090 g/mol. The minimum Gasteiger partial charge on any atom is -0.481 e. The van der Waals surface area contributed by atoms with Crippen molar-refractivity contribution in [2.24, 2.45) is 5.84 Å². The number of carboxylic acids is 1. The van der Waals surface area contributed by atoms with Gasteiger partial charge in [-0.3, -0.25) is 35.5 Å². The van der Waals surface area contributed by atoms with E-state index in [1.807, 2.05) is 36.6 Å². The molecule has 0 aliphatic carbocycles. The van der Waals surface area contributed by atoms with Crippen LogP contribution in [0.15, 0.2) is 181 Å². The number of aliphatic carboxylic acids is 1. The Bertz CT molecular complexity index is 3130. The van der Waals surface area contributed by atoms with Gasteiger partial charge in [0.2, 0.25) is 17.7 Å². The third-order valence-corrected chi connectivity index (χ3v) is 10.6. The van der Waals surface area contributed by atoms with Gasteiger partial charge in [-0.25, -0.2) is 5.84 Å². The zero-order valence-electron chi connectivity index (χ0n) is 41.5. The summed E-state index contributed by atoms with van der Waals surface area (Å²) in [5.74, 6) is 3.72. The van der Waals surface area contributed by atoms with Gasteiger partial charge in [-0.05, 0) is 120 Å². The Balaban J connectivity index is 0.000000240. The van der Waals surface area contributed by atoms with Crippen molar-refractivity contribution in [1.29, 1.82) is 0 Å². The lowest BCUT2D eigenvalue weighted by molar-refractivity contribution is -0.138. The number of halogens is 9. The summed E-state index contributed by atoms with van der Waals surface area (Å²) in [6.45, 7) is 8.49. The Labute approximate surface area is 442 Å². The van der Waals surface area contributed by atoms with Gasteiger partial charge >= 0.3 is 24.5 Å². The van der Waals surface area contributed by atoms with E-state index in [-0.39, 0.29) is 19.3 Å². The zero-order valence-corrected chi connectivity index (χ0v) is 41.5. The van der Waals surface area contributed by atoms with Crippen LogP contribution < -0.4 is 22.1 Å². The summed E-state index contributed by atoms with van der Waals surface area (Å²) in [5, 5.41) is 15.8. The molecular formula is C57H51F9N6O6. The van der Waals surface area contributed by atoms with Crippen molar-refractivity contribution in [3.63, 3.8) is 0 Å². The Morgan fingerprint density at radius 2 is 0.949 bits per heavy atom. The van der Waals surface area contributed by atoms with E-state index in [2.05, 4.69) is 34.2 Å². The Kier molecular flexibility index (Phi) is 23.0. The molecule has 0 aliphatic heterocycles. The van der Waals surface area contributed by atoms with Crippen molar-refractivity contribution < 1.29 is 68.2 Å². The fourth-order valence-electron chi connectivity index (χ4n) is 6.90. The van der Waals surface area contributed by atoms with Crippen molar-refractivity contribution in [2.45, 2.75) is 57.6 Å². The first-order valence-electron chi connectivity index (χ1n) is 23.2. The predicted molar refractivity (Wildman–Crippen MR) is 275 cm³/mol. The van der Waals surface area contributed by atoms with Crippen LogP contribution in [0.3, 0.4) is 0 Å². The number of hydrogen-bond acceptors (Lipinski definition) is 8. The fourth-order valence-corrected chi connectivity index (χ4v) is 6.90. The first kappa shape index (κ1) is 61.4. The molecule has 0 unspecified atom stereocenters. The highest BCUT2D eigenvalue weighted by molar-refractivity contribution is 5.97. The number of alkyl halides is 9. The van der Waals surface area contributed by atoms with Crippen LogP contribution in [0.4, 0.5) is 39.5 Å². The van der Waals surface area contributed by atoms with Gasteiger partial charge in [0.15, 0.2) is 0 Å². The average Bonchev–Trinajstić information content (AvgIpc) is 3.87. The van der Waals surface area contributed by atoms with Gasteiger partial charge in [-0.2, -0.15) is 39.5 Å². The van der Waals surface area contributed by atoms with Crippen molar-refractivity contribution in [3.8, 4) is 11.5 Å². The molecule has 78 heavy (non-hydrogen) atoms. The quantitative estimate of drug-likeness (QED) is 0.0232. The SMILES string of the molecule is C/C=C/c1nnc(-c2ccccc2Cc2ccc(C(F)(F)F)cc2)o1.C=CCC(=O)NNC(=O)c1ccccc1Cc1ccc(C(F)(F)F)cc1.C=CCC(=O)O.NNC(=O)c1ccccc1Cc1ccc(C(F)(F)F)cc1. The van der Waals surface area contributed by atoms with Crippen LogP contribution in [-0.4, -0.2) is 39.0 Å². The van der Waals surface area contributed by atoms with E-state index in [1.165, 1.54) is 48.6 Å². The van der Waals surface area contributed by atoms with Crippen LogP contribution in [0.5, 0.6) is 0 Å². The molecule has 6 aromatic carbocycles. The molecule has 0 atom stereocenters. The molecule has 7 aromatic rings. The zero-order chi connectivity index (χ0) is 57.5. The molecule has 3 amide bonds. The molecule has 0 spiro atoms. The maximum atomic E-state index is 12.7. The number of rotatable bonds is 14. The molecule has 6 N–H and O–H groups in total. The van der Waals surface area contributed by atoms with Crippen LogP contribution in [0.25, 0.3) is 17.5 Å². The molecule has 0 radical (unpaired) electrons. The van der Waals surface area contributed by atoms with Crippen molar-refractivity contribution >= 4 is 29.8 Å². The summed E-state index contributed by atoms with van der Waals surface area (Å²) in [5.41, 5.74) is 10.3. The molecule has 0 aliphatic rings. The molecule has 408 valence electrons. The van der Waals surface area contributed by atoms with Crippen molar-refractivity contribution in [2.75, 3.05) is 0 Å². The van der Waals surface area contributed by atoms with Gasteiger partial charge in [-0.15, -0.1) is 23.4 Å². The van der Waals surface area contributed by atoms with Crippen LogP contribution in [0.1, 0.15) is 96.4 Å². The lowest BCUT2D eigenvalue weighted by Crippen LogP contribution is -2.41. The summed E-state index contributed by atoms with van der Waals surface area (Å²) >= 11 is 0. The van der Waals surface area contributed by atoms with E-state index < -0.39 is 58.9 Å². The summed E-state index contributed by atoms with van der Waals surface area (Å²) in [6, 6.07) is 35.7. The lowest BCUT2D eigenvalue weighted by atomic mass is 9.98. The summed E-state index contributed by atoms with van der Waals surface area (Å²) in [4.78, 5) is 44.8. The first-order valence-corrected chi connectivity index (χ1v) is 23.2. The Hall–Kier alpha value is -9.11. The third-order valence-electron chi connectivity index (χ3n) is 10.6. The highest BCUT2D eigenvalue weighted by Gasteiger charge is 2.32. The van der Waals surface area contributed by atoms with Gasteiger partial charge in [0.25, 0.3) is 11.8 Å². The van der Waals surface area contributed by atoms with Gasteiger partial charge < -0.3 is 9.52 Å². The molecule has 21 heteroatoms. The minimum atomic E-state index is -4.39. The number of nitrogens with zero attached hydrogens (tertiary/aromatic N) is 2. The molecule has 0 saturated carbocycles. The molecule has 7 rings (SSSR count). The molecule has 1 aromatic heterocycles. The molecule has 0 bridgehead atoms. The number of carbonyl (C=O) groups is 4. The maximum absolute atomic E-state index is 12.7. The number of hydrogen-bond donors (Lipinski definition) is 5. The number of nitrogens with two attached hydrogens (primary N) is 1. The number of hydrazine groups is 2. The number of aromatic nitrogens is 2. The number of benzene rings is 6. The van der Waals surface area contributed by atoms with E-state index in [4.69, 9.17) is 15.4 Å². The van der Waals surface area contributed by atoms with Crippen LogP contribution in [0, 0.1) is 0 Å². The van der Waals surface area contributed by atoms with E-state index in [9.17, 15) is 58.7 Å². The Morgan fingerprint density at radius 3 is 1.33 bits per heavy atom. The summed E-state index contributed by atoms with van der Waals surface area (Å²) in [7, 11) is 0. The number of carboxylic acid groups (broad SMARTS) is 1. The van der Waals surface area contributed by atoms with Gasteiger partial charge in [0.05, 0.1) is 23.1 Å². The van der Waals surface area contributed by atoms with E-state index in [1.54, 1.807) is 60.7 Å². The highest BCUT2D eigenvalue weighted by Crippen LogP contribution is 2.32. The normalized spacial score (nSPS) is 11.1. The monoisotopic (exact) mass is 1090 g/mol. The highest BCUT2D eigenvalue weighted by atomic mass is 19.4. The number of carbonyl (C=O) groups excluding carboxylic acids is 3. The van der Waals surface area contributed by atoms with Crippen LogP contribution >= 0.6 is 0 Å². The molecule has 1 heterocycles. The van der Waals surface area contributed by atoms with E-state index in [0.717, 1.165) is 53.1 Å². The number of nitrogen functional groups attached to an aromatic ring is 1. The topological polar surface area (TPSA) is 190 Å². The molecule has 0 fully saturated rings. The molecule has 0 saturated heterocycles. The standard InChI is InChI=1S/C19H17F3N2O2.C19H15F3N2O.C15H13F3N2O.C4H6O2/c1-2-5-17(25)23-24-18(26)16-7-4-3-6-14(16)12-13-8-10-15(11-9-13)19(20,21)22;1-2-5-17-23-24-18(25-17)16-7-4-3-6-14(16)12-13-8-10-15(11-9-13)19(20,21)22;16-15(17,18)12-7-5-10(6-8-12)9-11-3-1-2-4-13(11)14(21)20-19;1-2-3-4(5)6/h2-4,6-11H,1,5,12H2,(H,23,25)(H,24,26);2-11H,12H2,1H3;1-8H,9,19H2,(H,20,21);2H,1,3H2,(H,5,6)/b;5-2+;;. The fraction of sp³-hybridized carbons (Fsp3) is 0.158. The second kappa shape index (κ2) is 29.3. The van der Waals surface area contributed by atoms with Crippen LogP contribution in [-0.2, 0) is 47.4 Å². The van der Waals surface area contributed by atoms with E-state index >= 15 is 0 Å². The smallest absolute Gasteiger partial charge is 0.416 e. The minimum absolute atomic E-state index is 0.0556. The second-order valence-electron chi connectivity index (χ2n) is 16.4. The molecular weight excluding hydrogens is 1040 g/mol. The van der Waals surface area contributed by atoms with Gasteiger partial charge in [0, 0.05) is 23.1 Å². The van der Waals surface area contributed by atoms with Gasteiger partial charge in [-0.1, -0.05) is 109 Å². The number of amides is 3. The largest absolute Gasteiger partial charge is 0.481 e. The lowest BCUT2D eigenvalue weighted by Gasteiger charge is -2.12. The van der Waals surface area contributed by atoms with Crippen molar-refractivity contribution in [3.05, 3.63) is 244 Å². The van der Waals surface area contributed by atoms with Gasteiger partial charge in [0.1, 0.15) is 0 Å². The van der Waals surface area contributed by atoms with Crippen molar-refractivity contribution in [1.82, 2.24) is 26.5 Å². The summed E-state index contributed by atoms with van der Waals surface area (Å²) < 4.78 is 119. The predicted octanol–water partition coefficient (Wildman–Crippen LogP) is 12.6. The maximum Gasteiger partial charge on any atom is 0.416 e. The second-order valence-corrected chi connectivity index (χ2v) is 16.4. The third kappa shape index (κ3) is 19.9. The van der Waals surface area contributed by atoms with E-state index in [0.29, 0.717) is 58.0 Å². The first-order chi connectivity index (χ1) is 37.0.